The number of carboxylic acid groups (broad SMARTS) is 2. The number of hydrogen-bond acceptors (Lipinski definition) is 7. The van der Waals surface area contributed by atoms with Gasteiger partial charge in [0.2, 0.25) is 17.7 Å². The quantitative estimate of drug-likeness (QED) is 0.156. The van der Waals surface area contributed by atoms with E-state index in [4.69, 9.17) is 10.8 Å². The molecule has 2 rings (SSSR count). The van der Waals surface area contributed by atoms with Crippen molar-refractivity contribution in [1.82, 2.24) is 20.9 Å². The van der Waals surface area contributed by atoms with E-state index in [1.54, 1.807) is 20.0 Å². The smallest absolute Gasteiger partial charge is 0.326 e. The molecule has 0 saturated heterocycles. The van der Waals surface area contributed by atoms with E-state index in [2.05, 4.69) is 15.6 Å². The fourth-order valence-corrected chi connectivity index (χ4v) is 3.88. The standard InChI is InChI=1S/C25H35N5O8/c1-4-12(2)20(29-22(34)16(26)9-14-11-27-17-8-6-5-7-15(14)17)23(35)30-21(13(3)31)24(36)28-18(25(37)38)10-19(32)33/h5-8,11-13,16,18,20-21,27,31H,4,9-10,26H2,1-3H3,(H,28,36)(H,29,34)(H,30,35)(H,32,33)(H,37,38). The third-order valence-electron chi connectivity index (χ3n) is 6.30. The van der Waals surface area contributed by atoms with E-state index in [0.717, 1.165) is 16.5 Å². The molecular formula is C25H35N5O8. The molecule has 0 aliphatic carbocycles. The minimum Gasteiger partial charge on any atom is -0.481 e. The van der Waals surface area contributed by atoms with E-state index in [1.807, 2.05) is 29.6 Å². The van der Waals surface area contributed by atoms with Crippen LogP contribution >= 0.6 is 0 Å². The summed E-state index contributed by atoms with van der Waals surface area (Å²) in [4.78, 5) is 64.0. The molecule has 0 aliphatic heterocycles. The second kappa shape index (κ2) is 13.5. The topological polar surface area (TPSA) is 224 Å². The van der Waals surface area contributed by atoms with E-state index in [0.29, 0.717) is 6.42 Å². The van der Waals surface area contributed by atoms with Crippen molar-refractivity contribution >= 4 is 40.6 Å². The van der Waals surface area contributed by atoms with E-state index in [-0.39, 0.29) is 6.42 Å². The number of rotatable bonds is 14. The number of benzene rings is 1. The highest BCUT2D eigenvalue weighted by molar-refractivity contribution is 5.95. The van der Waals surface area contributed by atoms with Gasteiger partial charge in [-0.2, -0.15) is 0 Å². The van der Waals surface area contributed by atoms with Gasteiger partial charge in [-0.15, -0.1) is 0 Å². The molecule has 13 nitrogen and oxygen atoms in total. The van der Waals surface area contributed by atoms with Crippen LogP contribution in [0.3, 0.4) is 0 Å². The van der Waals surface area contributed by atoms with Gasteiger partial charge in [-0.1, -0.05) is 38.5 Å². The first-order valence-electron chi connectivity index (χ1n) is 12.2. The minimum atomic E-state index is -1.77. The van der Waals surface area contributed by atoms with Gasteiger partial charge in [-0.25, -0.2) is 4.79 Å². The number of hydrogen-bond donors (Lipinski definition) is 8. The Morgan fingerprint density at radius 2 is 1.55 bits per heavy atom. The number of aliphatic hydroxyl groups excluding tert-OH is 1. The molecular weight excluding hydrogens is 498 g/mol. The predicted molar refractivity (Wildman–Crippen MR) is 137 cm³/mol. The number of aliphatic hydroxyl groups is 1. The van der Waals surface area contributed by atoms with Crippen molar-refractivity contribution in [2.24, 2.45) is 11.7 Å². The normalized spacial score (nSPS) is 15.9. The molecule has 1 aromatic carbocycles. The third-order valence-corrected chi connectivity index (χ3v) is 6.30. The van der Waals surface area contributed by atoms with Crippen molar-refractivity contribution in [1.29, 1.82) is 0 Å². The summed E-state index contributed by atoms with van der Waals surface area (Å²) >= 11 is 0. The zero-order valence-corrected chi connectivity index (χ0v) is 21.4. The number of carbonyl (C=O) groups is 5. The fraction of sp³-hybridized carbons (Fsp3) is 0.480. The number of amides is 3. The van der Waals surface area contributed by atoms with Crippen molar-refractivity contribution in [3.05, 3.63) is 36.0 Å². The molecule has 6 unspecified atom stereocenters. The molecule has 6 atom stereocenters. The molecule has 1 heterocycles. The number of carboxylic acids is 2. The number of nitrogens with two attached hydrogens (primary N) is 1. The van der Waals surface area contributed by atoms with Crippen molar-refractivity contribution in [3.8, 4) is 0 Å². The number of aliphatic carboxylic acids is 2. The van der Waals surface area contributed by atoms with Crippen LogP contribution in [0.5, 0.6) is 0 Å². The minimum absolute atomic E-state index is 0.198. The molecule has 13 heteroatoms. The number of H-pyrrole nitrogens is 1. The fourth-order valence-electron chi connectivity index (χ4n) is 3.88. The molecule has 9 N–H and O–H groups in total. The van der Waals surface area contributed by atoms with Crippen LogP contribution in [0.15, 0.2) is 30.5 Å². The maximum atomic E-state index is 13.1. The molecule has 0 saturated carbocycles. The van der Waals surface area contributed by atoms with Crippen molar-refractivity contribution in [3.63, 3.8) is 0 Å². The monoisotopic (exact) mass is 533 g/mol. The number of aromatic nitrogens is 1. The summed E-state index contributed by atoms with van der Waals surface area (Å²) in [7, 11) is 0. The van der Waals surface area contributed by atoms with Crippen LogP contribution in [0.4, 0.5) is 0 Å². The number of carbonyl (C=O) groups excluding carboxylic acids is 3. The van der Waals surface area contributed by atoms with Gasteiger partial charge in [0.1, 0.15) is 18.1 Å². The Morgan fingerprint density at radius 3 is 2.13 bits per heavy atom. The Hall–Kier alpha value is -3.97. The average molecular weight is 534 g/mol. The summed E-state index contributed by atoms with van der Waals surface area (Å²) in [6.45, 7) is 4.71. The highest BCUT2D eigenvalue weighted by Crippen LogP contribution is 2.19. The van der Waals surface area contributed by atoms with Gasteiger partial charge in [-0.05, 0) is 30.9 Å². The van der Waals surface area contributed by atoms with Gasteiger partial charge in [0.15, 0.2) is 0 Å². The summed E-state index contributed by atoms with van der Waals surface area (Å²) in [5.74, 6) is -5.92. The second-order valence-electron chi connectivity index (χ2n) is 9.27. The molecule has 2 aromatic rings. The van der Waals surface area contributed by atoms with Crippen LogP contribution in [0.1, 0.15) is 39.2 Å². The lowest BCUT2D eigenvalue weighted by Gasteiger charge is -2.28. The van der Waals surface area contributed by atoms with E-state index in [9.17, 15) is 34.2 Å². The molecule has 0 radical (unpaired) electrons. The second-order valence-corrected chi connectivity index (χ2v) is 9.27. The molecule has 0 bridgehead atoms. The van der Waals surface area contributed by atoms with Crippen molar-refractivity contribution in [2.45, 2.75) is 70.3 Å². The molecule has 0 fully saturated rings. The SMILES string of the molecule is CCC(C)C(NC(=O)C(N)Cc1c[nH]c2ccccc12)C(=O)NC(C(=O)NC(CC(=O)O)C(=O)O)C(C)O. The zero-order valence-electron chi connectivity index (χ0n) is 21.4. The Balaban J connectivity index is 2.13. The number of nitrogens with one attached hydrogen (secondary N) is 4. The molecule has 3 amide bonds. The van der Waals surface area contributed by atoms with E-state index >= 15 is 0 Å². The largest absolute Gasteiger partial charge is 0.481 e. The van der Waals surface area contributed by atoms with Crippen molar-refractivity contribution < 1.29 is 39.3 Å². The van der Waals surface area contributed by atoms with E-state index < -0.39 is 72.3 Å². The molecule has 0 aliphatic rings. The Bertz CT molecular complexity index is 1160. The summed E-state index contributed by atoms with van der Waals surface area (Å²) in [6, 6.07) is 2.04. The maximum absolute atomic E-state index is 13.1. The molecule has 1 aromatic heterocycles. The first-order chi connectivity index (χ1) is 17.8. The molecule has 208 valence electrons. The third kappa shape index (κ3) is 8.02. The maximum Gasteiger partial charge on any atom is 0.326 e. The van der Waals surface area contributed by atoms with Gasteiger partial charge in [-0.3, -0.25) is 19.2 Å². The van der Waals surface area contributed by atoms with Crippen LogP contribution < -0.4 is 21.7 Å². The van der Waals surface area contributed by atoms with Gasteiger partial charge in [0.25, 0.3) is 0 Å². The summed E-state index contributed by atoms with van der Waals surface area (Å²) in [5, 5.41) is 36.0. The Labute approximate surface area is 219 Å². The summed E-state index contributed by atoms with van der Waals surface area (Å²) < 4.78 is 0. The lowest BCUT2D eigenvalue weighted by atomic mass is 9.96. The number of para-hydroxylation sites is 1. The molecule has 0 spiro atoms. The highest BCUT2D eigenvalue weighted by Gasteiger charge is 2.35. The summed E-state index contributed by atoms with van der Waals surface area (Å²) in [5.41, 5.74) is 7.86. The zero-order chi connectivity index (χ0) is 28.6. The van der Waals surface area contributed by atoms with Crippen LogP contribution in [0, 0.1) is 5.92 Å². The Kier molecular flexibility index (Phi) is 10.8. The number of fused-ring (bicyclic) bond motifs is 1. The number of aromatic amines is 1. The van der Waals surface area contributed by atoms with Crippen LogP contribution in [-0.4, -0.2) is 80.2 Å². The van der Waals surface area contributed by atoms with Gasteiger partial charge in [0.05, 0.1) is 18.6 Å². The predicted octanol–water partition coefficient (Wildman–Crippen LogP) is -0.522. The van der Waals surface area contributed by atoms with Gasteiger partial charge in [0, 0.05) is 17.1 Å². The molecule has 38 heavy (non-hydrogen) atoms. The van der Waals surface area contributed by atoms with Gasteiger partial charge < -0.3 is 42.0 Å². The van der Waals surface area contributed by atoms with Crippen LogP contribution in [0.25, 0.3) is 10.9 Å². The average Bonchev–Trinajstić information content (AvgIpc) is 3.26. The lowest BCUT2D eigenvalue weighted by molar-refractivity contribution is -0.148. The first-order valence-corrected chi connectivity index (χ1v) is 12.2. The van der Waals surface area contributed by atoms with Crippen LogP contribution in [-0.2, 0) is 30.4 Å². The Morgan fingerprint density at radius 1 is 0.947 bits per heavy atom. The van der Waals surface area contributed by atoms with E-state index in [1.165, 1.54) is 6.92 Å². The lowest BCUT2D eigenvalue weighted by Crippen LogP contribution is -2.61. The van der Waals surface area contributed by atoms with Crippen molar-refractivity contribution in [2.75, 3.05) is 0 Å². The highest BCUT2D eigenvalue weighted by atomic mass is 16.4. The van der Waals surface area contributed by atoms with Crippen LogP contribution in [0.2, 0.25) is 0 Å². The van der Waals surface area contributed by atoms with Gasteiger partial charge >= 0.3 is 11.9 Å². The summed E-state index contributed by atoms with van der Waals surface area (Å²) in [6.07, 6.45) is 0.0689. The first kappa shape index (κ1) is 30.3.